The van der Waals surface area contributed by atoms with Crippen LogP contribution in [0.1, 0.15) is 56.6 Å². The van der Waals surface area contributed by atoms with Crippen molar-refractivity contribution in [2.75, 3.05) is 0 Å². The Labute approximate surface area is 112 Å². The Hall–Kier alpha value is -1.03. The van der Waals surface area contributed by atoms with E-state index in [1.807, 2.05) is 0 Å². The van der Waals surface area contributed by atoms with Gasteiger partial charge in [0.15, 0.2) is 0 Å². The molecule has 1 aliphatic carbocycles. The summed E-state index contributed by atoms with van der Waals surface area (Å²) in [5.41, 5.74) is 5.75. The molecule has 4 heteroatoms. The third kappa shape index (κ3) is 3.72. The molecule has 2 N–H and O–H groups in total. The van der Waals surface area contributed by atoms with Crippen LogP contribution in [0.4, 0.5) is 13.2 Å². The monoisotopic (exact) mass is 271 g/mol. The Kier molecular flexibility index (Phi) is 4.86. The minimum absolute atomic E-state index is 0.175. The molecule has 0 aliphatic heterocycles. The third-order valence-electron chi connectivity index (χ3n) is 3.98. The van der Waals surface area contributed by atoms with Crippen LogP contribution in [0.3, 0.4) is 0 Å². The maximum Gasteiger partial charge on any atom is 0.133 e. The molecule has 2 rings (SSSR count). The van der Waals surface area contributed by atoms with Crippen LogP contribution in [-0.2, 0) is 0 Å². The van der Waals surface area contributed by atoms with Gasteiger partial charge >= 0.3 is 0 Å². The fourth-order valence-electron chi connectivity index (χ4n) is 2.98. The summed E-state index contributed by atoms with van der Waals surface area (Å²) < 4.78 is 40.1. The van der Waals surface area contributed by atoms with E-state index in [1.165, 1.54) is 12.8 Å². The second-order valence-corrected chi connectivity index (χ2v) is 5.48. The summed E-state index contributed by atoms with van der Waals surface area (Å²) in [5.74, 6) is -2.24. The molecule has 1 atom stereocenters. The van der Waals surface area contributed by atoms with Gasteiger partial charge in [-0.15, -0.1) is 0 Å². The molecule has 1 aromatic rings. The summed E-state index contributed by atoms with van der Waals surface area (Å²) in [7, 11) is 0. The summed E-state index contributed by atoms with van der Waals surface area (Å²) in [6, 6.07) is 0.709. The number of hydrogen-bond donors (Lipinski definition) is 1. The third-order valence-corrected chi connectivity index (χ3v) is 3.98. The van der Waals surface area contributed by atoms with Crippen molar-refractivity contribution in [3.63, 3.8) is 0 Å². The van der Waals surface area contributed by atoms with Crippen LogP contribution in [-0.4, -0.2) is 0 Å². The number of rotatable bonds is 3. The van der Waals surface area contributed by atoms with Crippen LogP contribution in [0, 0.1) is 23.4 Å². The molecule has 1 unspecified atom stereocenters. The molecule has 1 saturated carbocycles. The van der Waals surface area contributed by atoms with Crippen molar-refractivity contribution in [3.8, 4) is 0 Å². The van der Waals surface area contributed by atoms with Crippen LogP contribution in [0.25, 0.3) is 0 Å². The van der Waals surface area contributed by atoms with E-state index < -0.39 is 23.5 Å². The standard InChI is InChI=1S/C15H20F3N/c16-11-8-12(17)15(13(18)9-11)14(19)7-10-5-3-1-2-4-6-10/h8-10,14H,1-7,19H2. The van der Waals surface area contributed by atoms with Gasteiger partial charge in [0.1, 0.15) is 17.5 Å². The smallest absolute Gasteiger partial charge is 0.133 e. The van der Waals surface area contributed by atoms with Gasteiger partial charge in [0.25, 0.3) is 0 Å². The molecule has 1 aromatic carbocycles. The molecule has 0 heterocycles. The second-order valence-electron chi connectivity index (χ2n) is 5.48. The number of hydrogen-bond acceptors (Lipinski definition) is 1. The van der Waals surface area contributed by atoms with Gasteiger partial charge in [-0.05, 0) is 12.3 Å². The Morgan fingerprint density at radius 3 is 2.05 bits per heavy atom. The van der Waals surface area contributed by atoms with Crippen molar-refractivity contribution in [2.45, 2.75) is 51.0 Å². The van der Waals surface area contributed by atoms with Gasteiger partial charge in [-0.25, -0.2) is 13.2 Å². The highest BCUT2D eigenvalue weighted by Gasteiger charge is 2.22. The van der Waals surface area contributed by atoms with E-state index in [2.05, 4.69) is 0 Å². The van der Waals surface area contributed by atoms with Gasteiger partial charge in [-0.2, -0.15) is 0 Å². The van der Waals surface area contributed by atoms with Gasteiger partial charge in [-0.1, -0.05) is 38.5 Å². The Balaban J connectivity index is 2.08. The molecule has 0 spiro atoms. The lowest BCUT2D eigenvalue weighted by atomic mass is 9.89. The largest absolute Gasteiger partial charge is 0.324 e. The number of nitrogens with two attached hydrogens (primary N) is 1. The maximum atomic E-state index is 13.6. The first-order valence-electron chi connectivity index (χ1n) is 6.98. The first-order valence-corrected chi connectivity index (χ1v) is 6.98. The molecule has 1 nitrogen and oxygen atoms in total. The van der Waals surface area contributed by atoms with Crippen LogP contribution in [0.5, 0.6) is 0 Å². The average molecular weight is 271 g/mol. The summed E-state index contributed by atoms with van der Waals surface area (Å²) in [5, 5.41) is 0. The maximum absolute atomic E-state index is 13.6. The Morgan fingerprint density at radius 2 is 1.53 bits per heavy atom. The van der Waals surface area contributed by atoms with Gasteiger partial charge in [0, 0.05) is 23.7 Å². The predicted octanol–water partition coefficient (Wildman–Crippen LogP) is 4.46. The van der Waals surface area contributed by atoms with Gasteiger partial charge in [0.2, 0.25) is 0 Å². The fraction of sp³-hybridized carbons (Fsp3) is 0.600. The van der Waals surface area contributed by atoms with Crippen molar-refractivity contribution in [3.05, 3.63) is 35.1 Å². The van der Waals surface area contributed by atoms with E-state index in [0.717, 1.165) is 25.7 Å². The molecule has 0 radical (unpaired) electrons. The quantitative estimate of drug-likeness (QED) is 0.807. The molecule has 0 bridgehead atoms. The van der Waals surface area contributed by atoms with E-state index in [1.54, 1.807) is 0 Å². The minimum atomic E-state index is -0.902. The number of benzene rings is 1. The van der Waals surface area contributed by atoms with E-state index in [9.17, 15) is 13.2 Å². The Bertz CT molecular complexity index is 402. The van der Waals surface area contributed by atoms with Gasteiger partial charge in [0.05, 0.1) is 0 Å². The molecule has 19 heavy (non-hydrogen) atoms. The van der Waals surface area contributed by atoms with Gasteiger partial charge in [-0.3, -0.25) is 0 Å². The zero-order chi connectivity index (χ0) is 13.8. The number of halogens is 3. The van der Waals surface area contributed by atoms with Crippen LogP contribution in [0.2, 0.25) is 0 Å². The SMILES string of the molecule is NC(CC1CCCCCC1)c1c(F)cc(F)cc1F. The average Bonchev–Trinajstić information content (AvgIpc) is 2.56. The molecule has 1 fully saturated rings. The van der Waals surface area contributed by atoms with Crippen LogP contribution >= 0.6 is 0 Å². The summed E-state index contributed by atoms with van der Waals surface area (Å²) in [4.78, 5) is 0. The zero-order valence-corrected chi connectivity index (χ0v) is 11.0. The first kappa shape index (κ1) is 14.4. The van der Waals surface area contributed by atoms with E-state index in [0.29, 0.717) is 24.5 Å². The second kappa shape index (κ2) is 6.42. The molecular formula is C15H20F3N. The van der Waals surface area contributed by atoms with Crippen molar-refractivity contribution < 1.29 is 13.2 Å². The molecular weight excluding hydrogens is 251 g/mol. The summed E-state index contributed by atoms with van der Waals surface area (Å²) >= 11 is 0. The zero-order valence-electron chi connectivity index (χ0n) is 11.0. The molecule has 0 saturated heterocycles. The lowest BCUT2D eigenvalue weighted by Crippen LogP contribution is -2.18. The highest BCUT2D eigenvalue weighted by molar-refractivity contribution is 5.24. The molecule has 1 aliphatic rings. The topological polar surface area (TPSA) is 26.0 Å². The minimum Gasteiger partial charge on any atom is -0.324 e. The summed E-state index contributed by atoms with van der Waals surface area (Å²) in [6.07, 6.45) is 7.48. The van der Waals surface area contributed by atoms with E-state index >= 15 is 0 Å². The van der Waals surface area contributed by atoms with Crippen molar-refractivity contribution in [2.24, 2.45) is 11.7 Å². The molecule has 106 valence electrons. The lowest BCUT2D eigenvalue weighted by molar-refractivity contribution is 0.379. The molecule has 0 amide bonds. The predicted molar refractivity (Wildman–Crippen MR) is 69.1 cm³/mol. The summed E-state index contributed by atoms with van der Waals surface area (Å²) in [6.45, 7) is 0. The first-order chi connectivity index (χ1) is 9.08. The van der Waals surface area contributed by atoms with E-state index in [4.69, 9.17) is 5.73 Å². The van der Waals surface area contributed by atoms with Crippen molar-refractivity contribution in [1.82, 2.24) is 0 Å². The Morgan fingerprint density at radius 1 is 1.00 bits per heavy atom. The van der Waals surface area contributed by atoms with Crippen molar-refractivity contribution in [1.29, 1.82) is 0 Å². The molecule has 0 aromatic heterocycles. The van der Waals surface area contributed by atoms with Gasteiger partial charge < -0.3 is 5.73 Å². The normalized spacial score (nSPS) is 19.2. The van der Waals surface area contributed by atoms with Crippen molar-refractivity contribution >= 4 is 0 Å². The van der Waals surface area contributed by atoms with Crippen LogP contribution < -0.4 is 5.73 Å². The lowest BCUT2D eigenvalue weighted by Gasteiger charge is -2.20. The highest BCUT2D eigenvalue weighted by atomic mass is 19.1. The van der Waals surface area contributed by atoms with E-state index in [-0.39, 0.29) is 5.56 Å². The van der Waals surface area contributed by atoms with Crippen LogP contribution in [0.15, 0.2) is 12.1 Å². The fourth-order valence-corrected chi connectivity index (χ4v) is 2.98. The highest BCUT2D eigenvalue weighted by Crippen LogP contribution is 2.32.